The molecule has 2 fully saturated rings. The van der Waals surface area contributed by atoms with Crippen LogP contribution in [0.5, 0.6) is 0 Å². The van der Waals surface area contributed by atoms with Gasteiger partial charge in [-0.3, -0.25) is 44.1 Å². The van der Waals surface area contributed by atoms with Crippen molar-refractivity contribution < 1.29 is 33.8 Å². The highest BCUT2D eigenvalue weighted by molar-refractivity contribution is 7.99. The van der Waals surface area contributed by atoms with Crippen molar-refractivity contribution in [3.05, 3.63) is 107 Å². The molecular formula is C41H40N6O7S. The fraction of sp³-hybridized carbons (Fsp3) is 0.317. The maximum Gasteiger partial charge on any atom is 0.263 e. The van der Waals surface area contributed by atoms with Crippen LogP contribution in [0.4, 0.5) is 11.4 Å². The average molecular weight is 761 g/mol. The van der Waals surface area contributed by atoms with Crippen LogP contribution in [0.3, 0.4) is 0 Å². The number of ether oxygens (including phenoxy) is 1. The molecule has 8 rings (SSSR count). The number of aromatic nitrogens is 1. The second-order valence-corrected chi connectivity index (χ2v) is 15.3. The Morgan fingerprint density at radius 3 is 2.60 bits per heavy atom. The van der Waals surface area contributed by atoms with Crippen molar-refractivity contribution in [1.29, 1.82) is 0 Å². The Morgan fingerprint density at radius 1 is 0.964 bits per heavy atom. The standard InChI is InChI=1S/C41H40N6O7S/c48-22-32-28-13-16-46(21-24-11-14-42-15-12-24)38(28)30-20-26(7-8-31(30)44-32)25-3-1-4-27(19-25)43-36(50)23-54-17-18-55-34-6-2-5-29-37(34)41(53)47(40(29)52)33-9-10-35(49)45-39(33)51/h1-8,11-12,14-15,19-20,28,32-33,38,44,48H,9-10,13,16-18,21-23H2,(H,43,50)(H,45,49,51)/t28-,32-,33?,38-/m1/s1. The molecule has 4 N–H and O–H groups in total. The number of likely N-dealkylation sites (tertiary alicyclic amines) is 1. The van der Waals surface area contributed by atoms with E-state index in [1.165, 1.54) is 22.9 Å². The summed E-state index contributed by atoms with van der Waals surface area (Å²) in [5.74, 6) is -1.83. The Hall–Kier alpha value is -5.41. The van der Waals surface area contributed by atoms with Gasteiger partial charge in [0.2, 0.25) is 17.7 Å². The number of fused-ring (bicyclic) bond motifs is 4. The molecule has 2 saturated heterocycles. The topological polar surface area (TPSA) is 170 Å². The number of amides is 5. The minimum atomic E-state index is -1.03. The molecule has 5 amide bonds. The van der Waals surface area contributed by atoms with Gasteiger partial charge in [0.25, 0.3) is 11.8 Å². The van der Waals surface area contributed by atoms with Crippen molar-refractivity contribution in [2.45, 2.75) is 48.8 Å². The fourth-order valence-corrected chi connectivity index (χ4v) is 9.13. The van der Waals surface area contributed by atoms with Crippen LogP contribution in [0.1, 0.15) is 57.1 Å². The number of hydrogen-bond donors (Lipinski definition) is 4. The molecule has 4 aliphatic heterocycles. The van der Waals surface area contributed by atoms with Crippen LogP contribution in [0.15, 0.2) is 90.1 Å². The quantitative estimate of drug-likeness (QED) is 0.0926. The second kappa shape index (κ2) is 15.7. The maximum atomic E-state index is 13.4. The van der Waals surface area contributed by atoms with Crippen LogP contribution in [-0.4, -0.2) is 93.6 Å². The number of aliphatic hydroxyl groups is 1. The third-order valence-corrected chi connectivity index (χ3v) is 11.8. The van der Waals surface area contributed by atoms with Gasteiger partial charge < -0.3 is 20.5 Å². The molecule has 0 radical (unpaired) electrons. The van der Waals surface area contributed by atoms with Gasteiger partial charge in [0.1, 0.15) is 12.6 Å². The normalized spacial score (nSPS) is 21.8. The highest BCUT2D eigenvalue weighted by atomic mass is 32.2. The first kappa shape index (κ1) is 36.6. The molecule has 0 bridgehead atoms. The molecular weight excluding hydrogens is 721 g/mol. The minimum absolute atomic E-state index is 0.0168. The molecule has 13 nitrogen and oxygen atoms in total. The lowest BCUT2D eigenvalue weighted by Crippen LogP contribution is -2.54. The third-order valence-electron chi connectivity index (χ3n) is 10.7. The summed E-state index contributed by atoms with van der Waals surface area (Å²) in [6.07, 6.45) is 4.76. The van der Waals surface area contributed by atoms with Crippen LogP contribution in [-0.2, 0) is 25.7 Å². The Morgan fingerprint density at radius 2 is 1.78 bits per heavy atom. The molecule has 282 valence electrons. The van der Waals surface area contributed by atoms with Gasteiger partial charge in [-0.15, -0.1) is 11.8 Å². The summed E-state index contributed by atoms with van der Waals surface area (Å²) in [7, 11) is 0. The molecule has 0 saturated carbocycles. The number of carbonyl (C=O) groups is 5. The molecule has 14 heteroatoms. The number of anilines is 2. The Labute approximate surface area is 321 Å². The van der Waals surface area contributed by atoms with Crippen LogP contribution < -0.4 is 16.0 Å². The van der Waals surface area contributed by atoms with Crippen molar-refractivity contribution in [3.8, 4) is 11.1 Å². The van der Waals surface area contributed by atoms with E-state index in [0.717, 1.165) is 41.2 Å². The van der Waals surface area contributed by atoms with Gasteiger partial charge in [-0.2, -0.15) is 0 Å². The number of pyridine rings is 1. The highest BCUT2D eigenvalue weighted by Gasteiger charge is 2.46. The molecule has 4 aliphatic rings. The highest BCUT2D eigenvalue weighted by Crippen LogP contribution is 2.48. The number of benzene rings is 3. The number of nitrogens with one attached hydrogen (secondary N) is 3. The fourth-order valence-electron chi connectivity index (χ4n) is 8.19. The Balaban J connectivity index is 0.871. The lowest BCUT2D eigenvalue weighted by molar-refractivity contribution is -0.136. The maximum absolute atomic E-state index is 13.4. The molecule has 1 aromatic heterocycles. The predicted molar refractivity (Wildman–Crippen MR) is 205 cm³/mol. The van der Waals surface area contributed by atoms with Gasteiger partial charge in [0, 0.05) is 59.3 Å². The van der Waals surface area contributed by atoms with Gasteiger partial charge in [-0.25, -0.2) is 0 Å². The summed E-state index contributed by atoms with van der Waals surface area (Å²) in [6.45, 7) is 1.84. The van der Waals surface area contributed by atoms with Gasteiger partial charge in [-0.1, -0.05) is 24.3 Å². The summed E-state index contributed by atoms with van der Waals surface area (Å²) in [5, 5.41) is 18.9. The first-order chi connectivity index (χ1) is 26.8. The van der Waals surface area contributed by atoms with E-state index in [4.69, 9.17) is 4.74 Å². The summed E-state index contributed by atoms with van der Waals surface area (Å²) in [6, 6.07) is 22.2. The van der Waals surface area contributed by atoms with Crippen molar-refractivity contribution in [1.82, 2.24) is 20.1 Å². The molecule has 4 atom stereocenters. The zero-order valence-corrected chi connectivity index (χ0v) is 30.7. The third kappa shape index (κ3) is 7.37. The molecule has 1 unspecified atom stereocenters. The molecule has 3 aromatic carbocycles. The van der Waals surface area contributed by atoms with E-state index in [9.17, 15) is 29.1 Å². The second-order valence-electron chi connectivity index (χ2n) is 14.1. The van der Waals surface area contributed by atoms with Crippen molar-refractivity contribution in [2.24, 2.45) is 5.92 Å². The van der Waals surface area contributed by atoms with E-state index in [0.29, 0.717) is 16.3 Å². The summed E-state index contributed by atoms with van der Waals surface area (Å²) < 4.78 is 5.67. The monoisotopic (exact) mass is 760 g/mol. The van der Waals surface area contributed by atoms with Crippen LogP contribution in [0, 0.1) is 5.92 Å². The van der Waals surface area contributed by atoms with E-state index in [1.54, 1.807) is 18.2 Å². The molecule has 55 heavy (non-hydrogen) atoms. The molecule has 0 aliphatic carbocycles. The number of thioether (sulfide) groups is 1. The zero-order chi connectivity index (χ0) is 38.1. The number of aliphatic hydroxyl groups excluding tert-OH is 1. The Bertz CT molecular complexity index is 2170. The summed E-state index contributed by atoms with van der Waals surface area (Å²) in [5.41, 5.74) is 6.49. The first-order valence-electron chi connectivity index (χ1n) is 18.4. The van der Waals surface area contributed by atoms with Crippen LogP contribution in [0.25, 0.3) is 11.1 Å². The molecule has 0 spiro atoms. The van der Waals surface area contributed by atoms with E-state index < -0.39 is 29.7 Å². The van der Waals surface area contributed by atoms with Gasteiger partial charge in [-0.05, 0) is 90.2 Å². The number of carbonyl (C=O) groups excluding carboxylic acids is 5. The van der Waals surface area contributed by atoms with Gasteiger partial charge >= 0.3 is 0 Å². The van der Waals surface area contributed by atoms with Crippen molar-refractivity contribution >= 4 is 52.7 Å². The van der Waals surface area contributed by atoms with Gasteiger partial charge in [0.05, 0.1) is 30.4 Å². The van der Waals surface area contributed by atoms with E-state index in [2.05, 4.69) is 44.0 Å². The lowest BCUT2D eigenvalue weighted by Gasteiger charge is -2.39. The SMILES string of the molecule is O=C1CCC(N2C(=O)c3cccc(SCCOCC(=O)Nc4cccc(-c5ccc6c(c5)[C@H]5[C@H](CCN5Cc5ccncc5)[C@@H](CO)N6)c4)c3C2=O)C(=O)N1. The molecule has 4 aromatic rings. The Kier molecular flexibility index (Phi) is 10.5. The number of piperidine rings is 1. The van der Waals surface area contributed by atoms with Crippen molar-refractivity contribution in [3.63, 3.8) is 0 Å². The van der Waals surface area contributed by atoms with E-state index in [1.807, 2.05) is 48.8 Å². The lowest BCUT2D eigenvalue weighted by atomic mass is 9.82. The van der Waals surface area contributed by atoms with Gasteiger partial charge in [0.15, 0.2) is 0 Å². The number of rotatable bonds is 12. The molecule has 5 heterocycles. The number of hydrogen-bond acceptors (Lipinski definition) is 11. The largest absolute Gasteiger partial charge is 0.394 e. The average Bonchev–Trinajstić information content (AvgIpc) is 3.72. The van der Waals surface area contributed by atoms with Crippen molar-refractivity contribution in [2.75, 3.05) is 42.8 Å². The minimum Gasteiger partial charge on any atom is -0.394 e. The summed E-state index contributed by atoms with van der Waals surface area (Å²) in [4.78, 5) is 71.6. The number of nitrogens with zero attached hydrogens (tertiary/aromatic N) is 3. The van der Waals surface area contributed by atoms with E-state index in [-0.39, 0.29) is 67.7 Å². The summed E-state index contributed by atoms with van der Waals surface area (Å²) >= 11 is 1.32. The van der Waals surface area contributed by atoms with Crippen LogP contribution in [0.2, 0.25) is 0 Å². The zero-order valence-electron chi connectivity index (χ0n) is 29.9. The van der Waals surface area contributed by atoms with E-state index >= 15 is 0 Å². The first-order valence-corrected chi connectivity index (χ1v) is 19.4. The predicted octanol–water partition coefficient (Wildman–Crippen LogP) is 4.25. The number of imide groups is 2. The smallest absolute Gasteiger partial charge is 0.263 e. The van der Waals surface area contributed by atoms with Crippen LogP contribution >= 0.6 is 11.8 Å².